The number of carbonyl (C=O) groups excluding carboxylic acids is 2. The number of hydrogen-bond donors (Lipinski definition) is 2. The molecule has 1 aliphatic carbocycles. The van der Waals surface area contributed by atoms with E-state index in [1.165, 1.54) is 16.8 Å². The summed E-state index contributed by atoms with van der Waals surface area (Å²) < 4.78 is 13.4. The highest BCUT2D eigenvalue weighted by molar-refractivity contribution is 5.98. The molecular weight excluding hydrogens is 592 g/mol. The van der Waals surface area contributed by atoms with Crippen molar-refractivity contribution in [2.75, 3.05) is 65.4 Å². The molecule has 1 saturated heterocycles. The number of methoxy groups -OCH3 is 2. The minimum absolute atomic E-state index is 0.0505. The number of anilines is 1. The summed E-state index contributed by atoms with van der Waals surface area (Å²) >= 11 is 0. The van der Waals surface area contributed by atoms with Gasteiger partial charge in [-0.3, -0.25) is 14.5 Å². The molecule has 0 bridgehead atoms. The Morgan fingerprint density at radius 3 is 2.47 bits per heavy atom. The zero-order valence-electron chi connectivity index (χ0n) is 28.1. The second-order valence-corrected chi connectivity index (χ2v) is 12.7. The molecule has 2 fully saturated rings. The Morgan fingerprint density at radius 2 is 1.74 bits per heavy atom. The standard InChI is InChI=1S/C37H46N6O4/c1-24-8-6-9-32(25(24)2)42-18-16-41(17-19-42)15-7-14-39-37(45)26-10-12-31-33(22-26)43(28-20-27(21-28)36(44)38-3)35(40-31)30-23-29(46-4)11-13-34(30)47-5/h6,8-13,22-23,27-28H,7,14-21H2,1-5H3,(H,38,44)(H,39,45). The lowest BCUT2D eigenvalue weighted by Gasteiger charge is -2.37. The number of piperazine rings is 1. The molecule has 10 heteroatoms. The summed E-state index contributed by atoms with van der Waals surface area (Å²) in [4.78, 5) is 35.7. The van der Waals surface area contributed by atoms with Crippen molar-refractivity contribution in [3.8, 4) is 22.9 Å². The third kappa shape index (κ3) is 6.65. The zero-order chi connectivity index (χ0) is 33.1. The highest BCUT2D eigenvalue weighted by Gasteiger charge is 2.37. The Kier molecular flexibility index (Phi) is 9.68. The van der Waals surface area contributed by atoms with Gasteiger partial charge in [0.15, 0.2) is 0 Å². The molecule has 3 aromatic carbocycles. The van der Waals surface area contributed by atoms with Crippen molar-refractivity contribution in [1.82, 2.24) is 25.1 Å². The van der Waals surface area contributed by atoms with Crippen LogP contribution >= 0.6 is 0 Å². The summed E-state index contributed by atoms with van der Waals surface area (Å²) in [5.74, 6) is 2.00. The smallest absolute Gasteiger partial charge is 0.251 e. The van der Waals surface area contributed by atoms with Crippen molar-refractivity contribution >= 4 is 28.5 Å². The number of nitrogens with zero attached hydrogens (tertiary/aromatic N) is 4. The fourth-order valence-electron chi connectivity index (χ4n) is 6.90. The van der Waals surface area contributed by atoms with E-state index in [4.69, 9.17) is 14.5 Å². The first-order valence-corrected chi connectivity index (χ1v) is 16.6. The number of benzene rings is 3. The van der Waals surface area contributed by atoms with Crippen LogP contribution in [0.5, 0.6) is 11.5 Å². The van der Waals surface area contributed by atoms with Crippen LogP contribution in [0.1, 0.15) is 46.8 Å². The van der Waals surface area contributed by atoms with Crippen molar-refractivity contribution in [2.45, 2.75) is 39.2 Å². The molecule has 4 aromatic rings. The van der Waals surface area contributed by atoms with E-state index in [0.29, 0.717) is 36.4 Å². The van der Waals surface area contributed by atoms with Gasteiger partial charge < -0.3 is 29.6 Å². The van der Waals surface area contributed by atoms with Crippen molar-refractivity contribution in [3.05, 3.63) is 71.3 Å². The van der Waals surface area contributed by atoms with Crippen LogP contribution in [0, 0.1) is 19.8 Å². The van der Waals surface area contributed by atoms with Crippen LogP contribution in [-0.4, -0.2) is 86.8 Å². The molecule has 0 atom stereocenters. The first kappa shape index (κ1) is 32.4. The van der Waals surface area contributed by atoms with Crippen molar-refractivity contribution in [2.24, 2.45) is 5.92 Å². The lowest BCUT2D eigenvalue weighted by molar-refractivity contribution is -0.128. The maximum Gasteiger partial charge on any atom is 0.251 e. The van der Waals surface area contributed by atoms with E-state index >= 15 is 0 Å². The number of aryl methyl sites for hydroxylation is 1. The molecule has 6 rings (SSSR count). The van der Waals surface area contributed by atoms with E-state index in [9.17, 15) is 9.59 Å². The predicted molar refractivity (Wildman–Crippen MR) is 186 cm³/mol. The molecular formula is C37H46N6O4. The van der Waals surface area contributed by atoms with Crippen LogP contribution in [0.4, 0.5) is 5.69 Å². The first-order valence-electron chi connectivity index (χ1n) is 16.6. The molecule has 2 N–H and O–H groups in total. The van der Waals surface area contributed by atoms with Gasteiger partial charge in [0.25, 0.3) is 5.91 Å². The molecule has 47 heavy (non-hydrogen) atoms. The molecule has 1 saturated carbocycles. The Hall–Kier alpha value is -4.57. The molecule has 1 aliphatic heterocycles. The van der Waals surface area contributed by atoms with E-state index in [0.717, 1.165) is 61.6 Å². The van der Waals surface area contributed by atoms with Crippen molar-refractivity contribution < 1.29 is 19.1 Å². The number of nitrogens with one attached hydrogen (secondary N) is 2. The number of amides is 2. The van der Waals surface area contributed by atoms with Crippen LogP contribution in [0.25, 0.3) is 22.4 Å². The van der Waals surface area contributed by atoms with Gasteiger partial charge in [0.05, 0.1) is 30.8 Å². The number of hydrogen-bond acceptors (Lipinski definition) is 7. The largest absolute Gasteiger partial charge is 0.497 e. The minimum Gasteiger partial charge on any atom is -0.497 e. The van der Waals surface area contributed by atoms with E-state index in [2.05, 4.69) is 57.0 Å². The van der Waals surface area contributed by atoms with Gasteiger partial charge in [-0.1, -0.05) is 12.1 Å². The molecule has 0 unspecified atom stereocenters. The SMILES string of the molecule is CNC(=O)C1CC(n2c(-c3cc(OC)ccc3OC)nc3ccc(C(=O)NCCCN4CCN(c5cccc(C)c5C)CC4)cc32)C1. The van der Waals surface area contributed by atoms with Gasteiger partial charge in [0, 0.05) is 63.0 Å². The highest BCUT2D eigenvalue weighted by atomic mass is 16.5. The second kappa shape index (κ2) is 14.0. The Labute approximate surface area is 277 Å². The van der Waals surface area contributed by atoms with E-state index in [1.54, 1.807) is 21.3 Å². The molecule has 2 amide bonds. The number of aromatic nitrogens is 2. The van der Waals surface area contributed by atoms with Gasteiger partial charge in [-0.25, -0.2) is 4.98 Å². The van der Waals surface area contributed by atoms with Crippen LogP contribution in [0.3, 0.4) is 0 Å². The summed E-state index contributed by atoms with van der Waals surface area (Å²) in [5.41, 5.74) is 7.07. The lowest BCUT2D eigenvalue weighted by Crippen LogP contribution is -2.47. The number of carbonyl (C=O) groups is 2. The number of ether oxygens (including phenoxy) is 2. The van der Waals surface area contributed by atoms with Gasteiger partial charge in [0.1, 0.15) is 17.3 Å². The maximum atomic E-state index is 13.4. The summed E-state index contributed by atoms with van der Waals surface area (Å²) in [5, 5.41) is 5.91. The quantitative estimate of drug-likeness (QED) is 0.224. The molecule has 0 radical (unpaired) electrons. The Bertz CT molecular complexity index is 1750. The molecule has 2 aliphatic rings. The first-order chi connectivity index (χ1) is 22.8. The molecule has 10 nitrogen and oxygen atoms in total. The average molecular weight is 639 g/mol. The topological polar surface area (TPSA) is 101 Å². The van der Waals surface area contributed by atoms with Crippen LogP contribution < -0.4 is 25.0 Å². The van der Waals surface area contributed by atoms with Crippen LogP contribution in [0.15, 0.2) is 54.6 Å². The fraction of sp³-hybridized carbons (Fsp3) is 0.432. The summed E-state index contributed by atoms with van der Waals surface area (Å²) in [6.07, 6.45) is 2.28. The van der Waals surface area contributed by atoms with Gasteiger partial charge in [-0.05, 0) is 93.2 Å². The van der Waals surface area contributed by atoms with Gasteiger partial charge >= 0.3 is 0 Å². The van der Waals surface area contributed by atoms with E-state index in [1.807, 2.05) is 36.4 Å². The number of rotatable bonds is 11. The monoisotopic (exact) mass is 638 g/mol. The maximum absolute atomic E-state index is 13.4. The van der Waals surface area contributed by atoms with Gasteiger partial charge in [-0.2, -0.15) is 0 Å². The van der Waals surface area contributed by atoms with E-state index < -0.39 is 0 Å². The van der Waals surface area contributed by atoms with Crippen molar-refractivity contribution in [3.63, 3.8) is 0 Å². The summed E-state index contributed by atoms with van der Waals surface area (Å²) in [6.45, 7) is 10.00. The average Bonchev–Trinajstić information content (AvgIpc) is 3.45. The predicted octanol–water partition coefficient (Wildman–Crippen LogP) is 4.98. The second-order valence-electron chi connectivity index (χ2n) is 12.7. The summed E-state index contributed by atoms with van der Waals surface area (Å²) in [6, 6.07) is 17.9. The minimum atomic E-state index is -0.100. The van der Waals surface area contributed by atoms with Crippen LogP contribution in [0.2, 0.25) is 0 Å². The molecule has 2 heterocycles. The summed E-state index contributed by atoms with van der Waals surface area (Å²) in [7, 11) is 4.94. The number of fused-ring (bicyclic) bond motifs is 1. The van der Waals surface area contributed by atoms with Gasteiger partial charge in [-0.15, -0.1) is 0 Å². The molecule has 248 valence electrons. The third-order valence-electron chi connectivity index (χ3n) is 9.92. The molecule has 0 spiro atoms. The van der Waals surface area contributed by atoms with E-state index in [-0.39, 0.29) is 23.8 Å². The molecule has 1 aromatic heterocycles. The van der Waals surface area contributed by atoms with Gasteiger partial charge in [0.2, 0.25) is 5.91 Å². The Morgan fingerprint density at radius 1 is 0.957 bits per heavy atom. The fourth-order valence-corrected chi connectivity index (χ4v) is 6.90. The van der Waals surface area contributed by atoms with Crippen LogP contribution in [-0.2, 0) is 4.79 Å². The Balaban J connectivity index is 1.13. The normalized spacial score (nSPS) is 18.1. The van der Waals surface area contributed by atoms with Crippen molar-refractivity contribution in [1.29, 1.82) is 0 Å². The highest BCUT2D eigenvalue weighted by Crippen LogP contribution is 2.44. The zero-order valence-corrected chi connectivity index (χ0v) is 28.1. The lowest BCUT2D eigenvalue weighted by atomic mass is 9.79. The third-order valence-corrected chi connectivity index (χ3v) is 9.92. The number of imidazole rings is 1.